The summed E-state index contributed by atoms with van der Waals surface area (Å²) in [5.41, 5.74) is 0. The molecule has 102 valence electrons. The van der Waals surface area contributed by atoms with E-state index in [4.69, 9.17) is 0 Å². The zero-order valence-electron chi connectivity index (χ0n) is 10.8. The SMILES string of the molecule is CS(=O)(=O)CCCN1CCC[C@H]1Cn1cccn1. The highest BCUT2D eigenvalue weighted by Crippen LogP contribution is 2.18. The molecular formula is C12H21N3O2S. The molecule has 18 heavy (non-hydrogen) atoms. The summed E-state index contributed by atoms with van der Waals surface area (Å²) in [6.45, 7) is 2.86. The van der Waals surface area contributed by atoms with Crippen molar-refractivity contribution in [3.8, 4) is 0 Å². The van der Waals surface area contributed by atoms with Crippen LogP contribution in [0.4, 0.5) is 0 Å². The third-order valence-electron chi connectivity index (χ3n) is 3.42. The topological polar surface area (TPSA) is 55.2 Å². The Kier molecular flexibility index (Phi) is 4.40. The van der Waals surface area contributed by atoms with E-state index < -0.39 is 9.84 Å². The minimum atomic E-state index is -2.83. The lowest BCUT2D eigenvalue weighted by Crippen LogP contribution is -2.34. The van der Waals surface area contributed by atoms with Crippen LogP contribution in [0.15, 0.2) is 18.5 Å². The largest absolute Gasteiger partial charge is 0.299 e. The molecule has 0 amide bonds. The van der Waals surface area contributed by atoms with Crippen LogP contribution in [0.1, 0.15) is 19.3 Å². The van der Waals surface area contributed by atoms with Gasteiger partial charge in [-0.15, -0.1) is 0 Å². The van der Waals surface area contributed by atoms with Crippen molar-refractivity contribution in [3.63, 3.8) is 0 Å². The summed E-state index contributed by atoms with van der Waals surface area (Å²) >= 11 is 0. The molecule has 2 rings (SSSR count). The third-order valence-corrected chi connectivity index (χ3v) is 4.45. The van der Waals surface area contributed by atoms with Gasteiger partial charge < -0.3 is 0 Å². The van der Waals surface area contributed by atoms with E-state index in [1.54, 1.807) is 6.20 Å². The predicted molar refractivity (Wildman–Crippen MR) is 71.1 cm³/mol. The van der Waals surface area contributed by atoms with Crippen molar-refractivity contribution < 1.29 is 8.42 Å². The molecule has 1 atom stereocenters. The van der Waals surface area contributed by atoms with Gasteiger partial charge in [-0.3, -0.25) is 9.58 Å². The van der Waals surface area contributed by atoms with E-state index in [0.717, 1.165) is 26.1 Å². The minimum Gasteiger partial charge on any atom is -0.299 e. The number of rotatable bonds is 6. The molecule has 0 radical (unpaired) electrons. The maximum Gasteiger partial charge on any atom is 0.147 e. The molecule has 0 saturated carbocycles. The van der Waals surface area contributed by atoms with Gasteiger partial charge in [-0.2, -0.15) is 5.10 Å². The first-order valence-corrected chi connectivity index (χ1v) is 8.50. The first-order chi connectivity index (χ1) is 8.54. The van der Waals surface area contributed by atoms with Gasteiger partial charge in [0.2, 0.25) is 0 Å². The van der Waals surface area contributed by atoms with Crippen LogP contribution in [0.2, 0.25) is 0 Å². The first kappa shape index (κ1) is 13.5. The summed E-state index contributed by atoms with van der Waals surface area (Å²) in [4.78, 5) is 2.40. The monoisotopic (exact) mass is 271 g/mol. The van der Waals surface area contributed by atoms with Gasteiger partial charge in [0.25, 0.3) is 0 Å². The second-order valence-corrected chi connectivity index (χ2v) is 7.30. The van der Waals surface area contributed by atoms with E-state index in [-0.39, 0.29) is 5.75 Å². The lowest BCUT2D eigenvalue weighted by molar-refractivity contribution is 0.228. The summed E-state index contributed by atoms with van der Waals surface area (Å²) in [6, 6.07) is 2.44. The Balaban J connectivity index is 1.80. The smallest absolute Gasteiger partial charge is 0.147 e. The van der Waals surface area contributed by atoms with E-state index >= 15 is 0 Å². The molecule has 0 bridgehead atoms. The molecule has 1 aliphatic rings. The predicted octanol–water partition coefficient (Wildman–Crippen LogP) is 0.782. The Labute approximate surface area is 109 Å². The van der Waals surface area contributed by atoms with Crippen LogP contribution in [0.25, 0.3) is 0 Å². The summed E-state index contributed by atoms with van der Waals surface area (Å²) in [5, 5.41) is 4.23. The van der Waals surface area contributed by atoms with Gasteiger partial charge in [0.1, 0.15) is 9.84 Å². The van der Waals surface area contributed by atoms with E-state index in [1.807, 2.05) is 16.9 Å². The standard InChI is InChI=1S/C12H21N3O2S/c1-18(16,17)10-4-8-14-7-2-5-12(14)11-15-9-3-6-13-15/h3,6,9,12H,2,4-5,7-8,10-11H2,1H3/t12-/m0/s1. The number of hydrogen-bond acceptors (Lipinski definition) is 4. The normalized spacial score (nSPS) is 21.5. The molecule has 1 aromatic rings. The Morgan fingerprint density at radius 3 is 2.94 bits per heavy atom. The van der Waals surface area contributed by atoms with Gasteiger partial charge in [-0.25, -0.2) is 8.42 Å². The Morgan fingerprint density at radius 2 is 2.28 bits per heavy atom. The zero-order valence-corrected chi connectivity index (χ0v) is 11.6. The molecule has 1 aliphatic heterocycles. The highest BCUT2D eigenvalue weighted by atomic mass is 32.2. The van der Waals surface area contributed by atoms with E-state index in [1.165, 1.54) is 19.1 Å². The highest BCUT2D eigenvalue weighted by molar-refractivity contribution is 7.90. The minimum absolute atomic E-state index is 0.290. The zero-order chi connectivity index (χ0) is 13.0. The van der Waals surface area contributed by atoms with Gasteiger partial charge >= 0.3 is 0 Å². The van der Waals surface area contributed by atoms with E-state index in [2.05, 4.69) is 10.00 Å². The van der Waals surface area contributed by atoms with Crippen LogP contribution >= 0.6 is 0 Å². The van der Waals surface area contributed by atoms with Crippen molar-refractivity contribution in [1.29, 1.82) is 0 Å². The summed E-state index contributed by atoms with van der Waals surface area (Å²) in [7, 11) is -2.83. The molecule has 2 heterocycles. The van der Waals surface area contributed by atoms with Gasteiger partial charge in [0.05, 0.1) is 12.3 Å². The molecule has 0 aliphatic carbocycles. The molecule has 0 spiro atoms. The summed E-state index contributed by atoms with van der Waals surface area (Å²) in [6.07, 6.45) is 8.19. The molecule has 0 aromatic carbocycles. The van der Waals surface area contributed by atoms with Crippen LogP contribution in [0.3, 0.4) is 0 Å². The molecule has 1 aromatic heterocycles. The van der Waals surface area contributed by atoms with Crippen LogP contribution in [-0.4, -0.2) is 54.2 Å². The van der Waals surface area contributed by atoms with Crippen LogP contribution < -0.4 is 0 Å². The fourth-order valence-corrected chi connectivity index (χ4v) is 3.20. The van der Waals surface area contributed by atoms with Crippen molar-refractivity contribution in [2.75, 3.05) is 25.1 Å². The van der Waals surface area contributed by atoms with Crippen LogP contribution in [-0.2, 0) is 16.4 Å². The average molecular weight is 271 g/mol. The fraction of sp³-hybridized carbons (Fsp3) is 0.750. The lowest BCUT2D eigenvalue weighted by Gasteiger charge is -2.24. The second kappa shape index (κ2) is 5.84. The molecule has 6 heteroatoms. The number of aromatic nitrogens is 2. The first-order valence-electron chi connectivity index (χ1n) is 6.44. The number of likely N-dealkylation sites (tertiary alicyclic amines) is 1. The second-order valence-electron chi connectivity index (χ2n) is 5.04. The van der Waals surface area contributed by atoms with Crippen molar-refractivity contribution in [2.24, 2.45) is 0 Å². The van der Waals surface area contributed by atoms with Crippen LogP contribution in [0.5, 0.6) is 0 Å². The summed E-state index contributed by atoms with van der Waals surface area (Å²) in [5.74, 6) is 0.290. The van der Waals surface area contributed by atoms with Gasteiger partial charge in [-0.05, 0) is 38.4 Å². The average Bonchev–Trinajstić information content (AvgIpc) is 2.90. The highest BCUT2D eigenvalue weighted by Gasteiger charge is 2.24. The van der Waals surface area contributed by atoms with Gasteiger partial charge in [0.15, 0.2) is 0 Å². The maximum absolute atomic E-state index is 11.1. The Bertz CT molecular complexity index is 456. The molecule has 0 N–H and O–H groups in total. The summed E-state index contributed by atoms with van der Waals surface area (Å²) < 4.78 is 24.2. The maximum atomic E-state index is 11.1. The molecule has 5 nitrogen and oxygen atoms in total. The molecule has 1 saturated heterocycles. The van der Waals surface area contributed by atoms with Gasteiger partial charge in [0, 0.05) is 24.7 Å². The Hall–Kier alpha value is -0.880. The van der Waals surface area contributed by atoms with Crippen molar-refractivity contribution in [3.05, 3.63) is 18.5 Å². The Morgan fingerprint density at radius 1 is 1.44 bits per heavy atom. The molecular weight excluding hydrogens is 250 g/mol. The van der Waals surface area contributed by atoms with Crippen LogP contribution in [0, 0.1) is 0 Å². The quantitative estimate of drug-likeness (QED) is 0.767. The van der Waals surface area contributed by atoms with Crippen molar-refractivity contribution in [1.82, 2.24) is 14.7 Å². The van der Waals surface area contributed by atoms with E-state index in [9.17, 15) is 8.42 Å². The van der Waals surface area contributed by atoms with E-state index in [0.29, 0.717) is 6.04 Å². The lowest BCUT2D eigenvalue weighted by atomic mass is 10.2. The number of nitrogens with zero attached hydrogens (tertiary/aromatic N) is 3. The fourth-order valence-electron chi connectivity index (χ4n) is 2.55. The number of hydrogen-bond donors (Lipinski definition) is 0. The third kappa shape index (κ3) is 4.10. The number of sulfone groups is 1. The molecule has 0 unspecified atom stereocenters. The van der Waals surface area contributed by atoms with Gasteiger partial charge in [-0.1, -0.05) is 0 Å². The van der Waals surface area contributed by atoms with Crippen molar-refractivity contribution >= 4 is 9.84 Å². The molecule has 1 fully saturated rings. The van der Waals surface area contributed by atoms with Crippen molar-refractivity contribution in [2.45, 2.75) is 31.8 Å².